The van der Waals surface area contributed by atoms with Crippen molar-refractivity contribution in [2.75, 3.05) is 0 Å². The van der Waals surface area contributed by atoms with Crippen LogP contribution in [0.5, 0.6) is 0 Å². The van der Waals surface area contributed by atoms with E-state index in [2.05, 4.69) is 22.0 Å². The minimum Gasteiger partial charge on any atom is -0.323 e. The highest BCUT2D eigenvalue weighted by molar-refractivity contribution is 5.84. The first-order chi connectivity index (χ1) is 14.4. The number of halogens is 2. The second-order valence-corrected chi connectivity index (χ2v) is 7.32. The van der Waals surface area contributed by atoms with Crippen LogP contribution in [-0.2, 0) is 5.92 Å². The molecule has 3 heterocycles. The number of nitrogens with zero attached hydrogens (tertiary/aromatic N) is 5. The second kappa shape index (κ2) is 7.87. The first-order valence-electron chi connectivity index (χ1n) is 9.78. The fourth-order valence-corrected chi connectivity index (χ4v) is 3.31. The van der Waals surface area contributed by atoms with Gasteiger partial charge in [-0.1, -0.05) is 31.5 Å². The summed E-state index contributed by atoms with van der Waals surface area (Å²) >= 11 is 0. The molecule has 8 heteroatoms. The summed E-state index contributed by atoms with van der Waals surface area (Å²) in [5, 5.41) is 5.18. The predicted molar refractivity (Wildman–Crippen MR) is 111 cm³/mol. The average molecular weight is 408 g/mol. The number of pyridine rings is 1. The summed E-state index contributed by atoms with van der Waals surface area (Å²) in [6.45, 7) is 2.88. The maximum atomic E-state index is 13.7. The molecule has 6 nitrogen and oxygen atoms in total. The molecular formula is C22H22F2N6. The zero-order chi connectivity index (χ0) is 21.3. The molecule has 0 aliphatic rings. The highest BCUT2D eigenvalue weighted by Crippen LogP contribution is 2.28. The van der Waals surface area contributed by atoms with Crippen LogP contribution in [0.1, 0.15) is 44.1 Å². The van der Waals surface area contributed by atoms with Crippen molar-refractivity contribution >= 4 is 10.9 Å². The van der Waals surface area contributed by atoms with E-state index in [1.165, 1.54) is 10.9 Å². The van der Waals surface area contributed by atoms with Crippen molar-refractivity contribution < 1.29 is 8.78 Å². The van der Waals surface area contributed by atoms with Crippen LogP contribution in [0.3, 0.4) is 0 Å². The molecule has 0 bridgehead atoms. The summed E-state index contributed by atoms with van der Waals surface area (Å²) in [4.78, 5) is 12.7. The fourth-order valence-electron chi connectivity index (χ4n) is 3.31. The third kappa shape index (κ3) is 3.91. The Morgan fingerprint density at radius 2 is 1.93 bits per heavy atom. The smallest absolute Gasteiger partial charge is 0.288 e. The molecule has 0 saturated heterocycles. The number of benzene rings is 1. The molecule has 0 saturated carbocycles. The summed E-state index contributed by atoms with van der Waals surface area (Å²) in [7, 11) is 0. The Bertz CT molecular complexity index is 1180. The first kappa shape index (κ1) is 20.0. The number of fused-ring (bicyclic) bond motifs is 1. The molecule has 30 heavy (non-hydrogen) atoms. The lowest BCUT2D eigenvalue weighted by atomic mass is 10.1. The van der Waals surface area contributed by atoms with Gasteiger partial charge in [0.15, 0.2) is 5.82 Å². The van der Waals surface area contributed by atoms with Crippen molar-refractivity contribution in [1.29, 1.82) is 0 Å². The van der Waals surface area contributed by atoms with Crippen LogP contribution in [-0.4, -0.2) is 24.7 Å². The first-order valence-corrected chi connectivity index (χ1v) is 9.78. The number of aromatic nitrogens is 5. The van der Waals surface area contributed by atoms with E-state index in [1.54, 1.807) is 6.20 Å². The molecule has 0 radical (unpaired) electrons. The van der Waals surface area contributed by atoms with Gasteiger partial charge in [0.2, 0.25) is 0 Å². The van der Waals surface area contributed by atoms with Gasteiger partial charge in [0, 0.05) is 23.9 Å². The topological polar surface area (TPSA) is 82.5 Å². The largest absolute Gasteiger partial charge is 0.323 e. The van der Waals surface area contributed by atoms with Crippen LogP contribution in [0, 0.1) is 0 Å². The maximum absolute atomic E-state index is 13.7. The van der Waals surface area contributed by atoms with E-state index < -0.39 is 11.6 Å². The standard InChI is InChI=1S/C22H22F2N6/c1-3-5-16(25)18-7-4-6-17(28-18)14-8-9-15-11-27-30(19(15)10-14)21-13-26-12-20(29-21)22(2,23)24/h4,6-13,16H,3,5,25H2,1-2H3/t16-/m0/s1. The summed E-state index contributed by atoms with van der Waals surface area (Å²) in [6, 6.07) is 11.5. The molecule has 0 aliphatic heterocycles. The molecule has 0 amide bonds. The van der Waals surface area contributed by atoms with Gasteiger partial charge in [0.05, 0.1) is 35.5 Å². The summed E-state index contributed by atoms with van der Waals surface area (Å²) in [5.41, 5.74) is 9.04. The van der Waals surface area contributed by atoms with Crippen LogP contribution < -0.4 is 5.73 Å². The van der Waals surface area contributed by atoms with E-state index in [0.29, 0.717) is 0 Å². The van der Waals surface area contributed by atoms with Crippen molar-refractivity contribution in [2.24, 2.45) is 5.73 Å². The zero-order valence-corrected chi connectivity index (χ0v) is 16.8. The van der Waals surface area contributed by atoms with Crippen LogP contribution in [0.4, 0.5) is 8.78 Å². The molecule has 0 aliphatic carbocycles. The Hall–Kier alpha value is -3.26. The molecule has 154 valence electrons. The molecular weight excluding hydrogens is 386 g/mol. The number of hydrogen-bond acceptors (Lipinski definition) is 5. The summed E-state index contributed by atoms with van der Waals surface area (Å²) in [6.07, 6.45) is 5.99. The van der Waals surface area contributed by atoms with Gasteiger partial charge in [0.25, 0.3) is 5.92 Å². The fraction of sp³-hybridized carbons (Fsp3) is 0.273. The van der Waals surface area contributed by atoms with E-state index in [4.69, 9.17) is 10.7 Å². The van der Waals surface area contributed by atoms with E-state index in [9.17, 15) is 8.78 Å². The predicted octanol–water partition coefficient (Wildman–Crippen LogP) is 4.79. The number of rotatable bonds is 6. The van der Waals surface area contributed by atoms with E-state index in [-0.39, 0.29) is 11.9 Å². The Morgan fingerprint density at radius 3 is 2.70 bits per heavy atom. The van der Waals surface area contributed by atoms with Gasteiger partial charge in [0.1, 0.15) is 5.69 Å². The molecule has 0 spiro atoms. The Labute approximate surface area is 172 Å². The lowest BCUT2D eigenvalue weighted by Gasteiger charge is -2.12. The quantitative estimate of drug-likeness (QED) is 0.496. The summed E-state index contributed by atoms with van der Waals surface area (Å²) < 4.78 is 28.9. The van der Waals surface area contributed by atoms with Crippen molar-refractivity contribution in [3.63, 3.8) is 0 Å². The molecule has 2 N–H and O–H groups in total. The van der Waals surface area contributed by atoms with Gasteiger partial charge in [-0.25, -0.2) is 9.67 Å². The van der Waals surface area contributed by atoms with Crippen molar-refractivity contribution in [2.45, 2.75) is 38.7 Å². The number of hydrogen-bond donors (Lipinski definition) is 1. The molecule has 3 aromatic heterocycles. The van der Waals surface area contributed by atoms with Crippen molar-refractivity contribution in [1.82, 2.24) is 24.7 Å². The molecule has 0 fully saturated rings. The molecule has 4 aromatic rings. The Morgan fingerprint density at radius 1 is 1.10 bits per heavy atom. The maximum Gasteiger partial charge on any atom is 0.288 e. The minimum atomic E-state index is -3.08. The van der Waals surface area contributed by atoms with Crippen LogP contribution >= 0.6 is 0 Å². The van der Waals surface area contributed by atoms with E-state index in [1.807, 2.05) is 36.4 Å². The highest BCUT2D eigenvalue weighted by Gasteiger charge is 2.27. The van der Waals surface area contributed by atoms with E-state index >= 15 is 0 Å². The van der Waals surface area contributed by atoms with Crippen LogP contribution in [0.25, 0.3) is 28.0 Å². The lowest BCUT2D eigenvalue weighted by molar-refractivity contribution is 0.0123. The minimum absolute atomic E-state index is 0.113. The van der Waals surface area contributed by atoms with Gasteiger partial charge in [-0.05, 0) is 24.6 Å². The average Bonchev–Trinajstić information content (AvgIpc) is 3.17. The van der Waals surface area contributed by atoms with Crippen molar-refractivity contribution in [3.8, 4) is 17.1 Å². The van der Waals surface area contributed by atoms with E-state index in [0.717, 1.165) is 53.8 Å². The van der Waals surface area contributed by atoms with Gasteiger partial charge < -0.3 is 5.73 Å². The van der Waals surface area contributed by atoms with Gasteiger partial charge >= 0.3 is 0 Å². The van der Waals surface area contributed by atoms with Gasteiger partial charge in [-0.2, -0.15) is 13.9 Å². The zero-order valence-electron chi connectivity index (χ0n) is 16.8. The third-order valence-electron chi connectivity index (χ3n) is 4.91. The molecule has 1 aromatic carbocycles. The molecule has 1 atom stereocenters. The second-order valence-electron chi connectivity index (χ2n) is 7.32. The molecule has 4 rings (SSSR count). The number of alkyl halides is 2. The Balaban J connectivity index is 1.77. The van der Waals surface area contributed by atoms with Crippen LogP contribution in [0.15, 0.2) is 55.0 Å². The Kier molecular flexibility index (Phi) is 5.26. The van der Waals surface area contributed by atoms with Crippen molar-refractivity contribution in [3.05, 3.63) is 66.4 Å². The normalized spacial score (nSPS) is 13.0. The lowest BCUT2D eigenvalue weighted by Crippen LogP contribution is -2.13. The molecule has 0 unspecified atom stereocenters. The number of nitrogens with two attached hydrogens (primary N) is 1. The third-order valence-corrected chi connectivity index (χ3v) is 4.91. The van der Waals surface area contributed by atoms with Crippen LogP contribution in [0.2, 0.25) is 0 Å². The highest BCUT2D eigenvalue weighted by atomic mass is 19.3. The van der Waals surface area contributed by atoms with Gasteiger partial charge in [-0.3, -0.25) is 9.97 Å². The summed E-state index contributed by atoms with van der Waals surface area (Å²) in [5.74, 6) is -2.86. The SMILES string of the molecule is CCC[C@H](N)c1cccc(-c2ccc3cnn(-c4cncc(C(C)(F)F)n4)c3c2)n1. The monoisotopic (exact) mass is 408 g/mol. The van der Waals surface area contributed by atoms with Gasteiger partial charge in [-0.15, -0.1) is 0 Å².